The fourth-order valence-electron chi connectivity index (χ4n) is 3.50. The zero-order valence-electron chi connectivity index (χ0n) is 20.0. The predicted molar refractivity (Wildman–Crippen MR) is 140 cm³/mol. The van der Waals surface area contributed by atoms with E-state index in [-0.39, 0.29) is 11.7 Å². The standard InChI is InChI=1S/C28H27FN2O3S/c1-4-31-27(32)26(35-28(31)30-23-13-11-22(29)12-14-23)17-21-10-15-24(25(16-21)33-5-2)34-18-20-8-6-19(3)7-9-20/h6-17H,4-5,18H2,1-3H3/b26-17+,30-28?. The van der Waals surface area contributed by atoms with E-state index in [4.69, 9.17) is 9.47 Å². The molecule has 1 heterocycles. The maximum absolute atomic E-state index is 13.2. The van der Waals surface area contributed by atoms with Crippen molar-refractivity contribution in [3.05, 3.63) is 94.1 Å². The first-order valence-electron chi connectivity index (χ1n) is 11.5. The zero-order chi connectivity index (χ0) is 24.8. The van der Waals surface area contributed by atoms with Crippen LogP contribution in [0.15, 0.2) is 76.6 Å². The number of carbonyl (C=O) groups is 1. The summed E-state index contributed by atoms with van der Waals surface area (Å²) in [6.45, 7) is 7.28. The highest BCUT2D eigenvalue weighted by atomic mass is 32.2. The first-order valence-corrected chi connectivity index (χ1v) is 12.3. The molecule has 4 rings (SSSR count). The highest BCUT2D eigenvalue weighted by Crippen LogP contribution is 2.36. The highest BCUT2D eigenvalue weighted by Gasteiger charge is 2.32. The van der Waals surface area contributed by atoms with Crippen LogP contribution in [0.5, 0.6) is 11.5 Å². The van der Waals surface area contributed by atoms with E-state index >= 15 is 0 Å². The average Bonchev–Trinajstić information content (AvgIpc) is 3.14. The van der Waals surface area contributed by atoms with Gasteiger partial charge in [-0.15, -0.1) is 0 Å². The average molecular weight is 491 g/mol. The monoisotopic (exact) mass is 490 g/mol. The van der Waals surface area contributed by atoms with Crippen LogP contribution in [-0.2, 0) is 11.4 Å². The number of likely N-dealkylation sites (N-methyl/N-ethyl adjacent to an activating group) is 1. The Bertz CT molecular complexity index is 1250. The molecule has 35 heavy (non-hydrogen) atoms. The molecule has 0 aliphatic carbocycles. The Morgan fingerprint density at radius 2 is 1.71 bits per heavy atom. The van der Waals surface area contributed by atoms with Gasteiger partial charge in [0, 0.05) is 6.54 Å². The summed E-state index contributed by atoms with van der Waals surface area (Å²) >= 11 is 1.30. The smallest absolute Gasteiger partial charge is 0.266 e. The minimum absolute atomic E-state index is 0.115. The number of aliphatic imine (C=N–C) groups is 1. The first-order chi connectivity index (χ1) is 17.0. The molecule has 1 aliphatic rings. The topological polar surface area (TPSA) is 51.1 Å². The van der Waals surface area contributed by atoms with Gasteiger partial charge in [-0.2, -0.15) is 0 Å². The number of thioether (sulfide) groups is 1. The third-order valence-corrected chi connectivity index (χ3v) is 6.34. The zero-order valence-corrected chi connectivity index (χ0v) is 20.8. The maximum Gasteiger partial charge on any atom is 0.266 e. The van der Waals surface area contributed by atoms with E-state index < -0.39 is 0 Å². The lowest BCUT2D eigenvalue weighted by Gasteiger charge is -2.13. The second-order valence-corrected chi connectivity index (χ2v) is 8.95. The SMILES string of the molecule is CCOc1cc(/C=C2/SC(=Nc3ccc(F)cc3)N(CC)C2=O)ccc1OCc1ccc(C)cc1. The molecule has 0 N–H and O–H groups in total. The van der Waals surface area contributed by atoms with Crippen molar-refractivity contribution in [2.45, 2.75) is 27.4 Å². The number of hydrogen-bond donors (Lipinski definition) is 0. The van der Waals surface area contributed by atoms with Gasteiger partial charge in [0.05, 0.1) is 17.2 Å². The Hall–Kier alpha value is -3.58. The molecule has 1 amide bonds. The van der Waals surface area contributed by atoms with Crippen LogP contribution in [0.2, 0.25) is 0 Å². The van der Waals surface area contributed by atoms with Crippen LogP contribution >= 0.6 is 11.8 Å². The minimum atomic E-state index is -0.326. The van der Waals surface area contributed by atoms with Gasteiger partial charge in [0.1, 0.15) is 12.4 Å². The number of rotatable bonds is 8. The Morgan fingerprint density at radius 3 is 2.40 bits per heavy atom. The molecule has 3 aromatic rings. The number of hydrogen-bond acceptors (Lipinski definition) is 5. The second kappa shape index (κ2) is 11.2. The molecule has 0 aromatic heterocycles. The molecule has 1 fully saturated rings. The summed E-state index contributed by atoms with van der Waals surface area (Å²) in [5, 5.41) is 0.568. The van der Waals surface area contributed by atoms with Crippen molar-refractivity contribution in [3.63, 3.8) is 0 Å². The van der Waals surface area contributed by atoms with Gasteiger partial charge >= 0.3 is 0 Å². The lowest BCUT2D eigenvalue weighted by atomic mass is 10.1. The number of aryl methyl sites for hydroxylation is 1. The number of benzene rings is 3. The first kappa shape index (κ1) is 24.5. The quantitative estimate of drug-likeness (QED) is 0.328. The molecule has 0 unspecified atom stereocenters. The van der Waals surface area contributed by atoms with E-state index in [0.717, 1.165) is 11.1 Å². The van der Waals surface area contributed by atoms with Crippen molar-refractivity contribution in [1.29, 1.82) is 0 Å². The Morgan fingerprint density at radius 1 is 0.971 bits per heavy atom. The Balaban J connectivity index is 1.55. The molecular weight excluding hydrogens is 463 g/mol. The van der Waals surface area contributed by atoms with Crippen LogP contribution < -0.4 is 9.47 Å². The summed E-state index contributed by atoms with van der Waals surface area (Å²) in [7, 11) is 0. The summed E-state index contributed by atoms with van der Waals surface area (Å²) in [4.78, 5) is 19.7. The molecule has 0 radical (unpaired) electrons. The van der Waals surface area contributed by atoms with Gasteiger partial charge in [0.15, 0.2) is 16.7 Å². The third-order valence-electron chi connectivity index (χ3n) is 5.34. The fourth-order valence-corrected chi connectivity index (χ4v) is 4.56. The predicted octanol–water partition coefficient (Wildman–Crippen LogP) is 6.74. The van der Waals surface area contributed by atoms with Crippen LogP contribution in [0.3, 0.4) is 0 Å². The van der Waals surface area contributed by atoms with Gasteiger partial charge < -0.3 is 9.47 Å². The van der Waals surface area contributed by atoms with Crippen LogP contribution in [0.25, 0.3) is 6.08 Å². The van der Waals surface area contributed by atoms with E-state index in [1.807, 2.05) is 50.3 Å². The highest BCUT2D eigenvalue weighted by molar-refractivity contribution is 8.18. The summed E-state index contributed by atoms with van der Waals surface area (Å²) in [6.07, 6.45) is 1.83. The van der Waals surface area contributed by atoms with Gasteiger partial charge in [-0.3, -0.25) is 9.69 Å². The Labute approximate surface area is 209 Å². The van der Waals surface area contributed by atoms with Gasteiger partial charge in [-0.25, -0.2) is 9.38 Å². The molecule has 0 spiro atoms. The molecule has 0 atom stereocenters. The van der Waals surface area contributed by atoms with E-state index in [1.165, 1.54) is 29.5 Å². The number of halogens is 1. The number of amides is 1. The van der Waals surface area contributed by atoms with Crippen LogP contribution in [0.1, 0.15) is 30.5 Å². The van der Waals surface area contributed by atoms with Crippen molar-refractivity contribution in [2.75, 3.05) is 13.2 Å². The van der Waals surface area contributed by atoms with Gasteiger partial charge in [0.25, 0.3) is 5.91 Å². The molecule has 5 nitrogen and oxygen atoms in total. The maximum atomic E-state index is 13.2. The van der Waals surface area contributed by atoms with Crippen molar-refractivity contribution in [3.8, 4) is 11.5 Å². The number of nitrogens with zero attached hydrogens (tertiary/aromatic N) is 2. The molecule has 0 bridgehead atoms. The Kier molecular flexibility index (Phi) is 7.87. The largest absolute Gasteiger partial charge is 0.490 e. The van der Waals surface area contributed by atoms with Crippen molar-refractivity contribution in [1.82, 2.24) is 4.90 Å². The number of carbonyl (C=O) groups excluding carboxylic acids is 1. The summed E-state index contributed by atoms with van der Waals surface area (Å²) in [5.41, 5.74) is 3.69. The summed E-state index contributed by atoms with van der Waals surface area (Å²) < 4.78 is 25.1. The van der Waals surface area contributed by atoms with Crippen LogP contribution in [-0.4, -0.2) is 29.1 Å². The molecule has 7 heteroatoms. The lowest BCUT2D eigenvalue weighted by molar-refractivity contribution is -0.122. The summed E-state index contributed by atoms with van der Waals surface area (Å²) in [5.74, 6) is 0.829. The molecular formula is C28H27FN2O3S. The number of ether oxygens (including phenoxy) is 2. The van der Waals surface area contributed by atoms with E-state index in [9.17, 15) is 9.18 Å². The van der Waals surface area contributed by atoms with E-state index in [2.05, 4.69) is 24.0 Å². The van der Waals surface area contributed by atoms with Crippen LogP contribution in [0.4, 0.5) is 10.1 Å². The second-order valence-electron chi connectivity index (χ2n) is 7.94. The molecule has 0 saturated carbocycles. The molecule has 1 aliphatic heterocycles. The third kappa shape index (κ3) is 6.11. The summed E-state index contributed by atoms with van der Waals surface area (Å²) in [6, 6.07) is 19.7. The van der Waals surface area contributed by atoms with Gasteiger partial charge in [-0.05, 0) is 86.1 Å². The van der Waals surface area contributed by atoms with Crippen LogP contribution in [0, 0.1) is 12.7 Å². The molecule has 3 aromatic carbocycles. The van der Waals surface area contributed by atoms with Gasteiger partial charge in [0.2, 0.25) is 0 Å². The minimum Gasteiger partial charge on any atom is -0.490 e. The van der Waals surface area contributed by atoms with E-state index in [0.29, 0.717) is 47.0 Å². The van der Waals surface area contributed by atoms with Crippen molar-refractivity contribution >= 4 is 34.6 Å². The van der Waals surface area contributed by atoms with Crippen molar-refractivity contribution < 1.29 is 18.7 Å². The molecule has 1 saturated heterocycles. The van der Waals surface area contributed by atoms with Crippen molar-refractivity contribution in [2.24, 2.45) is 4.99 Å². The molecule has 180 valence electrons. The number of amidine groups is 1. The lowest BCUT2D eigenvalue weighted by Crippen LogP contribution is -2.28. The van der Waals surface area contributed by atoms with E-state index in [1.54, 1.807) is 17.0 Å². The fraction of sp³-hybridized carbons (Fsp3) is 0.214. The normalized spacial score (nSPS) is 15.8. The van der Waals surface area contributed by atoms with Gasteiger partial charge in [-0.1, -0.05) is 35.9 Å².